The van der Waals surface area contributed by atoms with Gasteiger partial charge in [0.15, 0.2) is 6.61 Å². The van der Waals surface area contributed by atoms with Crippen molar-refractivity contribution in [3.05, 3.63) is 54.1 Å². The van der Waals surface area contributed by atoms with Crippen molar-refractivity contribution in [3.8, 4) is 0 Å². The smallest absolute Gasteiger partial charge is 0.340 e. The van der Waals surface area contributed by atoms with E-state index >= 15 is 0 Å². The highest BCUT2D eigenvalue weighted by atomic mass is 32.2. The third-order valence-electron chi connectivity index (χ3n) is 4.60. The molecule has 1 fully saturated rings. The number of hydrogen-bond acceptors (Lipinski definition) is 7. The van der Waals surface area contributed by atoms with E-state index in [-0.39, 0.29) is 21.8 Å². The molecule has 0 saturated carbocycles. The molecule has 10 nitrogen and oxygen atoms in total. The number of ether oxygens (including phenoxy) is 1. The summed E-state index contributed by atoms with van der Waals surface area (Å²) in [5.74, 6) is -1.57. The Morgan fingerprint density at radius 3 is 2.38 bits per heavy atom. The van der Waals surface area contributed by atoms with Crippen LogP contribution in [0.1, 0.15) is 23.2 Å². The van der Waals surface area contributed by atoms with Crippen molar-refractivity contribution >= 4 is 43.3 Å². The monoisotopic (exact) mass is 481 g/mol. The van der Waals surface area contributed by atoms with Crippen molar-refractivity contribution in [2.75, 3.05) is 36.0 Å². The van der Waals surface area contributed by atoms with Crippen molar-refractivity contribution in [3.63, 3.8) is 0 Å². The van der Waals surface area contributed by atoms with Crippen molar-refractivity contribution in [2.45, 2.75) is 17.7 Å². The van der Waals surface area contributed by atoms with E-state index in [4.69, 9.17) is 4.74 Å². The second kappa shape index (κ2) is 9.67. The molecule has 3 rings (SSSR count). The molecule has 0 radical (unpaired) electrons. The number of rotatable bonds is 8. The van der Waals surface area contributed by atoms with Crippen LogP contribution in [0, 0.1) is 0 Å². The molecule has 1 aliphatic rings. The number of benzene rings is 2. The van der Waals surface area contributed by atoms with Crippen molar-refractivity contribution < 1.29 is 31.2 Å². The van der Waals surface area contributed by atoms with Gasteiger partial charge in [-0.1, -0.05) is 18.2 Å². The lowest BCUT2D eigenvalue weighted by Crippen LogP contribution is -2.28. The zero-order valence-electron chi connectivity index (χ0n) is 17.3. The van der Waals surface area contributed by atoms with E-state index in [0.29, 0.717) is 13.1 Å². The van der Waals surface area contributed by atoms with Crippen molar-refractivity contribution in [2.24, 2.45) is 0 Å². The molecule has 1 heterocycles. The number of carbonyl (C=O) groups excluding carboxylic acids is 2. The van der Waals surface area contributed by atoms with Crippen LogP contribution >= 0.6 is 0 Å². The van der Waals surface area contributed by atoms with Crippen LogP contribution in [0.15, 0.2) is 53.4 Å². The summed E-state index contributed by atoms with van der Waals surface area (Å²) in [6.07, 6.45) is 2.56. The Hall–Kier alpha value is -2.96. The highest BCUT2D eigenvalue weighted by molar-refractivity contribution is 7.92. The van der Waals surface area contributed by atoms with Gasteiger partial charge in [0.25, 0.3) is 5.91 Å². The third kappa shape index (κ3) is 6.05. The molecule has 0 aliphatic carbocycles. The molecule has 2 aromatic carbocycles. The van der Waals surface area contributed by atoms with E-state index in [1.165, 1.54) is 46.8 Å². The SMILES string of the molecule is CS(=O)(=O)Nc1ccccc1C(=O)OCC(=O)Nc1cccc(S(=O)(=O)N2CCCC2)c1. The van der Waals surface area contributed by atoms with Crippen molar-refractivity contribution in [1.29, 1.82) is 0 Å². The summed E-state index contributed by atoms with van der Waals surface area (Å²) in [6, 6.07) is 11.7. The van der Waals surface area contributed by atoms with Gasteiger partial charge in [-0.2, -0.15) is 4.31 Å². The topological polar surface area (TPSA) is 139 Å². The molecule has 0 aromatic heterocycles. The predicted molar refractivity (Wildman–Crippen MR) is 118 cm³/mol. The lowest BCUT2D eigenvalue weighted by molar-refractivity contribution is -0.119. The number of carbonyl (C=O) groups is 2. The van der Waals surface area contributed by atoms with Crippen LogP contribution in [0.25, 0.3) is 0 Å². The van der Waals surface area contributed by atoms with Crippen LogP contribution in [0.3, 0.4) is 0 Å². The van der Waals surface area contributed by atoms with E-state index in [9.17, 15) is 26.4 Å². The number of esters is 1. The molecule has 1 amide bonds. The Kier molecular flexibility index (Phi) is 7.16. The van der Waals surface area contributed by atoms with Gasteiger partial charge in [-0.25, -0.2) is 21.6 Å². The molecular formula is C20H23N3O7S2. The van der Waals surface area contributed by atoms with Gasteiger partial charge < -0.3 is 10.1 Å². The lowest BCUT2D eigenvalue weighted by atomic mass is 10.2. The van der Waals surface area contributed by atoms with E-state index in [1.54, 1.807) is 6.07 Å². The molecule has 172 valence electrons. The van der Waals surface area contributed by atoms with Gasteiger partial charge in [-0.3, -0.25) is 9.52 Å². The quantitative estimate of drug-likeness (QED) is 0.547. The van der Waals surface area contributed by atoms with Gasteiger partial charge in [0.2, 0.25) is 20.0 Å². The Morgan fingerprint density at radius 1 is 1.00 bits per heavy atom. The summed E-state index contributed by atoms with van der Waals surface area (Å²) in [6.45, 7) is 0.282. The fourth-order valence-corrected chi connectivity index (χ4v) is 5.31. The Bertz CT molecular complexity index is 1220. The van der Waals surface area contributed by atoms with Crippen LogP contribution in [-0.2, 0) is 29.6 Å². The minimum absolute atomic E-state index is 0.0280. The van der Waals surface area contributed by atoms with Crippen LogP contribution in [0.5, 0.6) is 0 Å². The fraction of sp³-hybridized carbons (Fsp3) is 0.300. The molecule has 0 bridgehead atoms. The van der Waals surface area contributed by atoms with Crippen molar-refractivity contribution in [1.82, 2.24) is 4.31 Å². The minimum Gasteiger partial charge on any atom is -0.452 e. The first-order chi connectivity index (χ1) is 15.1. The Labute approximate surface area is 186 Å². The van der Waals surface area contributed by atoms with Gasteiger partial charge in [-0.15, -0.1) is 0 Å². The molecular weight excluding hydrogens is 458 g/mol. The number of nitrogens with zero attached hydrogens (tertiary/aromatic N) is 1. The first-order valence-corrected chi connectivity index (χ1v) is 13.0. The molecule has 0 unspecified atom stereocenters. The number of anilines is 2. The predicted octanol–water partition coefficient (Wildman–Crippen LogP) is 1.64. The maximum absolute atomic E-state index is 12.7. The summed E-state index contributed by atoms with van der Waals surface area (Å²) in [5.41, 5.74) is 0.218. The van der Waals surface area contributed by atoms with Gasteiger partial charge in [0, 0.05) is 18.8 Å². The number of nitrogens with one attached hydrogen (secondary N) is 2. The molecule has 2 N–H and O–H groups in total. The highest BCUT2D eigenvalue weighted by Gasteiger charge is 2.27. The minimum atomic E-state index is -3.64. The number of para-hydroxylation sites is 1. The second-order valence-corrected chi connectivity index (χ2v) is 10.9. The molecule has 0 atom stereocenters. The Morgan fingerprint density at radius 2 is 1.69 bits per heavy atom. The number of hydrogen-bond donors (Lipinski definition) is 2. The van der Waals surface area contributed by atoms with Crippen LogP contribution < -0.4 is 10.0 Å². The summed E-state index contributed by atoms with van der Waals surface area (Å²) < 4.78 is 56.8. The lowest BCUT2D eigenvalue weighted by Gasteiger charge is -2.16. The molecule has 2 aromatic rings. The largest absolute Gasteiger partial charge is 0.452 e. The van der Waals surface area contributed by atoms with Crippen LogP contribution in [0.4, 0.5) is 11.4 Å². The third-order valence-corrected chi connectivity index (χ3v) is 7.08. The summed E-state index contributed by atoms with van der Waals surface area (Å²) >= 11 is 0. The van der Waals surface area contributed by atoms with Gasteiger partial charge in [0.1, 0.15) is 0 Å². The second-order valence-electron chi connectivity index (χ2n) is 7.18. The standard InChI is InChI=1S/C20H23N3O7S2/c1-31(26,27)22-18-10-3-2-9-17(18)20(25)30-14-19(24)21-15-7-6-8-16(13-15)32(28,29)23-11-4-5-12-23/h2-3,6-10,13,22H,4-5,11-12,14H2,1H3,(H,21,24). The average molecular weight is 482 g/mol. The van der Waals surface area contributed by atoms with E-state index in [2.05, 4.69) is 10.0 Å². The summed E-state index contributed by atoms with van der Waals surface area (Å²) in [4.78, 5) is 24.6. The van der Waals surface area contributed by atoms with Crippen LogP contribution in [0.2, 0.25) is 0 Å². The van der Waals surface area contributed by atoms with E-state index in [0.717, 1.165) is 19.1 Å². The van der Waals surface area contributed by atoms with Gasteiger partial charge in [-0.05, 0) is 43.2 Å². The van der Waals surface area contributed by atoms with E-state index < -0.39 is 38.5 Å². The number of sulfonamides is 2. The Balaban J connectivity index is 1.63. The van der Waals surface area contributed by atoms with E-state index in [1.807, 2.05) is 0 Å². The molecule has 1 aliphatic heterocycles. The van der Waals surface area contributed by atoms with Gasteiger partial charge in [0.05, 0.1) is 22.4 Å². The normalized spacial score (nSPS) is 14.7. The summed E-state index contributed by atoms with van der Waals surface area (Å²) in [5, 5.41) is 2.49. The first-order valence-electron chi connectivity index (χ1n) is 9.70. The maximum atomic E-state index is 12.7. The van der Waals surface area contributed by atoms with Gasteiger partial charge >= 0.3 is 5.97 Å². The number of amides is 1. The zero-order chi connectivity index (χ0) is 23.4. The fourth-order valence-electron chi connectivity index (χ4n) is 3.17. The molecule has 1 saturated heterocycles. The molecule has 0 spiro atoms. The first kappa shape index (κ1) is 23.7. The molecule has 12 heteroatoms. The van der Waals surface area contributed by atoms with Crippen LogP contribution in [-0.4, -0.2) is 59.0 Å². The zero-order valence-corrected chi connectivity index (χ0v) is 18.9. The molecule has 32 heavy (non-hydrogen) atoms. The maximum Gasteiger partial charge on any atom is 0.340 e. The summed E-state index contributed by atoms with van der Waals surface area (Å²) in [7, 11) is -7.26. The highest BCUT2D eigenvalue weighted by Crippen LogP contribution is 2.23. The average Bonchev–Trinajstić information content (AvgIpc) is 3.27.